The fourth-order valence-corrected chi connectivity index (χ4v) is 1.63. The lowest BCUT2D eigenvalue weighted by Crippen LogP contribution is -2.43. The Morgan fingerprint density at radius 1 is 1.40 bits per heavy atom. The lowest BCUT2D eigenvalue weighted by Gasteiger charge is -2.23. The number of urea groups is 1. The number of methoxy groups -OCH3 is 1. The van der Waals surface area contributed by atoms with E-state index in [-0.39, 0.29) is 17.8 Å². The van der Waals surface area contributed by atoms with Crippen LogP contribution in [0.5, 0.6) is 5.75 Å². The number of nitrogens with one attached hydrogen (secondary N) is 1. The Labute approximate surface area is 119 Å². The highest BCUT2D eigenvalue weighted by molar-refractivity contribution is 5.74. The largest absolute Gasteiger partial charge is 0.494 e. The fraction of sp³-hybridized carbons (Fsp3) is 0.533. The van der Waals surface area contributed by atoms with Gasteiger partial charge in [0.25, 0.3) is 0 Å². The summed E-state index contributed by atoms with van der Waals surface area (Å²) >= 11 is 0. The summed E-state index contributed by atoms with van der Waals surface area (Å²) in [5, 5.41) is 2.91. The molecule has 1 unspecified atom stereocenters. The number of carbonyl (C=O) groups is 1. The van der Waals surface area contributed by atoms with Gasteiger partial charge in [-0.1, -0.05) is 19.9 Å². The van der Waals surface area contributed by atoms with Crippen LogP contribution >= 0.6 is 0 Å². The van der Waals surface area contributed by atoms with E-state index in [1.807, 2.05) is 20.8 Å². The van der Waals surface area contributed by atoms with Crippen LogP contribution in [0.1, 0.15) is 26.3 Å². The third kappa shape index (κ3) is 4.40. The number of amides is 2. The molecular formula is C15H23FN2O2. The zero-order chi connectivity index (χ0) is 15.3. The number of hydrogen-bond acceptors (Lipinski definition) is 2. The number of halogens is 1. The molecule has 0 radical (unpaired) electrons. The Bertz CT molecular complexity index is 463. The highest BCUT2D eigenvalue weighted by Gasteiger charge is 2.15. The molecule has 0 fully saturated rings. The third-order valence-electron chi connectivity index (χ3n) is 3.33. The zero-order valence-corrected chi connectivity index (χ0v) is 12.7. The molecule has 0 aliphatic rings. The zero-order valence-electron chi connectivity index (χ0n) is 12.7. The number of nitrogens with zero attached hydrogens (tertiary/aromatic N) is 1. The van der Waals surface area contributed by atoms with E-state index < -0.39 is 5.82 Å². The smallest absolute Gasteiger partial charge is 0.317 e. The first-order valence-corrected chi connectivity index (χ1v) is 6.69. The monoisotopic (exact) mass is 282 g/mol. The van der Waals surface area contributed by atoms with Crippen LogP contribution in [0.3, 0.4) is 0 Å². The minimum Gasteiger partial charge on any atom is -0.494 e. The maximum absolute atomic E-state index is 13.6. The SMILES string of the molecule is COc1ccc(CN(C)C(=O)NC(C)C(C)C)cc1F. The molecule has 0 aromatic heterocycles. The van der Waals surface area contributed by atoms with Crippen molar-refractivity contribution in [2.24, 2.45) is 5.92 Å². The molecule has 2 amide bonds. The van der Waals surface area contributed by atoms with Gasteiger partial charge in [0, 0.05) is 19.6 Å². The molecular weight excluding hydrogens is 259 g/mol. The summed E-state index contributed by atoms with van der Waals surface area (Å²) in [6, 6.07) is 4.62. The quantitative estimate of drug-likeness (QED) is 0.902. The van der Waals surface area contributed by atoms with E-state index in [4.69, 9.17) is 4.74 Å². The normalized spacial score (nSPS) is 12.2. The summed E-state index contributed by atoms with van der Waals surface area (Å²) in [4.78, 5) is 13.5. The molecule has 1 N–H and O–H groups in total. The van der Waals surface area contributed by atoms with Crippen LogP contribution in [-0.4, -0.2) is 31.1 Å². The van der Waals surface area contributed by atoms with Crippen LogP contribution in [-0.2, 0) is 6.54 Å². The maximum atomic E-state index is 13.6. The first-order chi connectivity index (χ1) is 9.35. The van der Waals surface area contributed by atoms with Gasteiger partial charge in [-0.15, -0.1) is 0 Å². The van der Waals surface area contributed by atoms with E-state index in [9.17, 15) is 9.18 Å². The standard InChI is InChI=1S/C15H23FN2O2/c1-10(2)11(3)17-15(19)18(4)9-12-6-7-14(20-5)13(16)8-12/h6-8,10-11H,9H2,1-5H3,(H,17,19). The van der Waals surface area contributed by atoms with Gasteiger partial charge in [-0.05, 0) is 30.5 Å². The van der Waals surface area contributed by atoms with Crippen LogP contribution < -0.4 is 10.1 Å². The van der Waals surface area contributed by atoms with Gasteiger partial charge in [0.05, 0.1) is 7.11 Å². The van der Waals surface area contributed by atoms with Gasteiger partial charge in [0.1, 0.15) is 0 Å². The molecule has 0 aliphatic heterocycles. The van der Waals surface area contributed by atoms with Crippen LogP contribution in [0.15, 0.2) is 18.2 Å². The average molecular weight is 282 g/mol. The van der Waals surface area contributed by atoms with Gasteiger partial charge in [-0.3, -0.25) is 0 Å². The highest BCUT2D eigenvalue weighted by Crippen LogP contribution is 2.18. The summed E-state index contributed by atoms with van der Waals surface area (Å²) in [7, 11) is 3.11. The molecule has 112 valence electrons. The summed E-state index contributed by atoms with van der Waals surface area (Å²) in [5.74, 6) is 0.148. The second-order valence-electron chi connectivity index (χ2n) is 5.31. The number of ether oxygens (including phenoxy) is 1. The molecule has 0 spiro atoms. The predicted molar refractivity (Wildman–Crippen MR) is 77.3 cm³/mol. The van der Waals surface area contributed by atoms with Crippen LogP contribution in [0.2, 0.25) is 0 Å². The molecule has 0 saturated heterocycles. The Morgan fingerprint density at radius 3 is 2.55 bits per heavy atom. The van der Waals surface area contributed by atoms with Crippen molar-refractivity contribution < 1.29 is 13.9 Å². The van der Waals surface area contributed by atoms with Crippen molar-refractivity contribution in [3.63, 3.8) is 0 Å². The van der Waals surface area contributed by atoms with E-state index in [1.54, 1.807) is 19.2 Å². The van der Waals surface area contributed by atoms with E-state index in [1.165, 1.54) is 18.1 Å². The maximum Gasteiger partial charge on any atom is 0.317 e. The van der Waals surface area contributed by atoms with Crippen molar-refractivity contribution in [3.05, 3.63) is 29.6 Å². The molecule has 20 heavy (non-hydrogen) atoms. The number of rotatable bonds is 5. The minimum absolute atomic E-state index is 0.0950. The minimum atomic E-state index is -0.422. The number of benzene rings is 1. The molecule has 1 aromatic carbocycles. The first kappa shape index (κ1) is 16.3. The van der Waals surface area contributed by atoms with Crippen molar-refractivity contribution in [1.29, 1.82) is 0 Å². The van der Waals surface area contributed by atoms with Crippen LogP contribution in [0, 0.1) is 11.7 Å². The third-order valence-corrected chi connectivity index (χ3v) is 3.33. The van der Waals surface area contributed by atoms with Crippen LogP contribution in [0.4, 0.5) is 9.18 Å². The van der Waals surface area contributed by atoms with Gasteiger partial charge >= 0.3 is 6.03 Å². The van der Waals surface area contributed by atoms with Crippen molar-refractivity contribution in [2.45, 2.75) is 33.4 Å². The van der Waals surface area contributed by atoms with Gasteiger partial charge in [-0.25, -0.2) is 9.18 Å². The van der Waals surface area contributed by atoms with Crippen molar-refractivity contribution in [1.82, 2.24) is 10.2 Å². The van der Waals surface area contributed by atoms with Gasteiger partial charge < -0.3 is 15.0 Å². The van der Waals surface area contributed by atoms with Gasteiger partial charge in [0.15, 0.2) is 11.6 Å². The summed E-state index contributed by atoms with van der Waals surface area (Å²) < 4.78 is 18.4. The average Bonchev–Trinajstić information content (AvgIpc) is 2.38. The van der Waals surface area contributed by atoms with Crippen molar-refractivity contribution >= 4 is 6.03 Å². The number of hydrogen-bond donors (Lipinski definition) is 1. The molecule has 0 saturated carbocycles. The molecule has 1 aromatic rings. The topological polar surface area (TPSA) is 41.6 Å². The second kappa shape index (κ2) is 7.12. The lowest BCUT2D eigenvalue weighted by molar-refractivity contribution is 0.200. The Kier molecular flexibility index (Phi) is 5.80. The van der Waals surface area contributed by atoms with Crippen molar-refractivity contribution in [3.8, 4) is 5.75 Å². The summed E-state index contributed by atoms with van der Waals surface area (Å²) in [6.07, 6.45) is 0. The van der Waals surface area contributed by atoms with Crippen molar-refractivity contribution in [2.75, 3.05) is 14.2 Å². The summed E-state index contributed by atoms with van der Waals surface area (Å²) in [5.41, 5.74) is 0.721. The number of carbonyl (C=O) groups excluding carboxylic acids is 1. The van der Waals surface area contributed by atoms with Gasteiger partial charge in [-0.2, -0.15) is 0 Å². The lowest BCUT2D eigenvalue weighted by atomic mass is 10.1. The Morgan fingerprint density at radius 2 is 2.05 bits per heavy atom. The molecule has 0 aliphatic carbocycles. The molecule has 5 heteroatoms. The summed E-state index contributed by atoms with van der Waals surface area (Å²) in [6.45, 7) is 6.40. The van der Waals surface area contributed by atoms with E-state index >= 15 is 0 Å². The second-order valence-corrected chi connectivity index (χ2v) is 5.31. The molecule has 4 nitrogen and oxygen atoms in total. The van der Waals surface area contributed by atoms with Crippen LogP contribution in [0.25, 0.3) is 0 Å². The van der Waals surface area contributed by atoms with E-state index in [2.05, 4.69) is 5.32 Å². The fourth-order valence-electron chi connectivity index (χ4n) is 1.63. The molecule has 0 bridgehead atoms. The molecule has 1 rings (SSSR count). The van der Waals surface area contributed by atoms with E-state index in [0.29, 0.717) is 12.5 Å². The predicted octanol–water partition coefficient (Wildman–Crippen LogP) is 3.02. The molecule has 0 heterocycles. The Balaban J connectivity index is 2.63. The Hall–Kier alpha value is -1.78. The van der Waals surface area contributed by atoms with E-state index in [0.717, 1.165) is 5.56 Å². The van der Waals surface area contributed by atoms with Gasteiger partial charge in [0.2, 0.25) is 0 Å². The first-order valence-electron chi connectivity index (χ1n) is 6.69. The molecule has 1 atom stereocenters. The highest BCUT2D eigenvalue weighted by atomic mass is 19.1.